The molecule has 3 aromatic rings. The number of nitrogens with zero attached hydrogens (tertiary/aromatic N) is 6. The third-order valence-corrected chi connectivity index (χ3v) is 8.13. The lowest BCUT2D eigenvalue weighted by Crippen LogP contribution is -2.69. The van der Waals surface area contributed by atoms with E-state index in [-0.39, 0.29) is 5.60 Å². The Labute approximate surface area is 199 Å². The van der Waals surface area contributed by atoms with E-state index in [4.69, 9.17) is 4.74 Å². The first-order chi connectivity index (χ1) is 16.6. The molecular weight excluding hydrogens is 426 g/mol. The van der Waals surface area contributed by atoms with Gasteiger partial charge in [0.05, 0.1) is 43.1 Å². The molecule has 0 bridgehead atoms. The maximum absolute atomic E-state index is 9.44. The maximum atomic E-state index is 9.44. The predicted molar refractivity (Wildman–Crippen MR) is 130 cm³/mol. The van der Waals surface area contributed by atoms with Crippen molar-refractivity contribution >= 4 is 16.9 Å². The molecule has 34 heavy (non-hydrogen) atoms. The number of hydrogen-bond donors (Lipinski definition) is 1. The lowest BCUT2D eigenvalue weighted by Gasteiger charge is -2.52. The zero-order valence-corrected chi connectivity index (χ0v) is 19.4. The number of morpholine rings is 1. The van der Waals surface area contributed by atoms with Crippen LogP contribution >= 0.6 is 0 Å². The van der Waals surface area contributed by atoms with Crippen LogP contribution in [0.1, 0.15) is 29.8 Å². The predicted octanol–water partition coefficient (Wildman–Crippen LogP) is 2.15. The van der Waals surface area contributed by atoms with Gasteiger partial charge in [0, 0.05) is 44.5 Å². The van der Waals surface area contributed by atoms with Gasteiger partial charge in [-0.3, -0.25) is 4.90 Å². The Bertz CT molecular complexity index is 1300. The summed E-state index contributed by atoms with van der Waals surface area (Å²) in [4.78, 5) is 7.57. The van der Waals surface area contributed by atoms with Crippen molar-refractivity contribution < 1.29 is 4.74 Å². The van der Waals surface area contributed by atoms with Crippen molar-refractivity contribution in [3.63, 3.8) is 0 Å². The van der Waals surface area contributed by atoms with Crippen LogP contribution in [-0.4, -0.2) is 72.0 Å². The highest BCUT2D eigenvalue weighted by Gasteiger charge is 2.46. The van der Waals surface area contributed by atoms with E-state index in [2.05, 4.69) is 62.4 Å². The second-order valence-corrected chi connectivity index (χ2v) is 10.2. The molecule has 4 aliphatic heterocycles. The average molecular weight is 456 g/mol. The highest BCUT2D eigenvalue weighted by atomic mass is 16.5. The monoisotopic (exact) mass is 455 g/mol. The number of nitriles is 1. The summed E-state index contributed by atoms with van der Waals surface area (Å²) in [7, 11) is 0. The van der Waals surface area contributed by atoms with Crippen LogP contribution in [0.15, 0.2) is 42.6 Å². The SMILES string of the molecule is CC1CN(c2ccc(C#N)n3nccc23)CC2c3ccc(N4CC5(CNCCO5)C4)cc3CN12. The second kappa shape index (κ2) is 7.44. The Kier molecular flexibility index (Phi) is 4.44. The molecule has 2 aromatic heterocycles. The Morgan fingerprint density at radius 1 is 1.15 bits per heavy atom. The van der Waals surface area contributed by atoms with Crippen LogP contribution in [-0.2, 0) is 11.3 Å². The first kappa shape index (κ1) is 20.3. The Hall–Kier alpha value is -3.12. The molecule has 1 N–H and O–H groups in total. The fourth-order valence-corrected chi connectivity index (χ4v) is 6.40. The fraction of sp³-hybridized carbons (Fsp3) is 0.462. The van der Waals surface area contributed by atoms with Gasteiger partial charge in [-0.2, -0.15) is 10.4 Å². The number of benzene rings is 1. The molecule has 0 amide bonds. The van der Waals surface area contributed by atoms with Crippen LogP contribution in [0, 0.1) is 11.3 Å². The fourth-order valence-electron chi connectivity index (χ4n) is 6.40. The van der Waals surface area contributed by atoms with E-state index in [9.17, 15) is 5.26 Å². The zero-order chi connectivity index (χ0) is 22.9. The normalized spacial score (nSPS) is 25.8. The highest BCUT2D eigenvalue weighted by Crippen LogP contribution is 2.42. The van der Waals surface area contributed by atoms with Crippen LogP contribution < -0.4 is 15.1 Å². The second-order valence-electron chi connectivity index (χ2n) is 10.2. The van der Waals surface area contributed by atoms with Crippen LogP contribution in [0.5, 0.6) is 0 Å². The first-order valence-electron chi connectivity index (χ1n) is 12.2. The molecule has 6 heterocycles. The molecule has 0 radical (unpaired) electrons. The van der Waals surface area contributed by atoms with Crippen molar-refractivity contribution in [2.45, 2.75) is 31.2 Å². The smallest absolute Gasteiger partial charge is 0.142 e. The van der Waals surface area contributed by atoms with Gasteiger partial charge in [-0.05, 0) is 48.4 Å². The molecule has 8 heteroatoms. The van der Waals surface area contributed by atoms with Gasteiger partial charge >= 0.3 is 0 Å². The van der Waals surface area contributed by atoms with Crippen molar-refractivity contribution in [1.82, 2.24) is 19.8 Å². The quantitative estimate of drug-likeness (QED) is 0.635. The van der Waals surface area contributed by atoms with E-state index in [0.29, 0.717) is 17.8 Å². The third-order valence-electron chi connectivity index (χ3n) is 8.13. The molecule has 0 aliphatic carbocycles. The summed E-state index contributed by atoms with van der Waals surface area (Å²) in [6.45, 7) is 9.91. The third kappa shape index (κ3) is 2.97. The largest absolute Gasteiger partial charge is 0.369 e. The average Bonchev–Trinajstić information content (AvgIpc) is 3.47. The molecule has 8 nitrogen and oxygen atoms in total. The van der Waals surface area contributed by atoms with Crippen molar-refractivity contribution in [3.05, 3.63) is 59.4 Å². The number of aromatic nitrogens is 2. The van der Waals surface area contributed by atoms with Crippen LogP contribution in [0.25, 0.3) is 5.52 Å². The van der Waals surface area contributed by atoms with Gasteiger partial charge in [0.2, 0.25) is 0 Å². The van der Waals surface area contributed by atoms with Crippen LogP contribution in [0.4, 0.5) is 11.4 Å². The molecule has 174 valence electrons. The van der Waals surface area contributed by atoms with Gasteiger partial charge in [0.25, 0.3) is 0 Å². The number of piperazine rings is 1. The van der Waals surface area contributed by atoms with Crippen molar-refractivity contribution in [2.24, 2.45) is 0 Å². The first-order valence-corrected chi connectivity index (χ1v) is 12.2. The van der Waals surface area contributed by atoms with Gasteiger partial charge in [-0.15, -0.1) is 0 Å². The van der Waals surface area contributed by atoms with E-state index in [1.807, 2.05) is 12.1 Å². The molecule has 2 unspecified atom stereocenters. The minimum absolute atomic E-state index is 0.00383. The summed E-state index contributed by atoms with van der Waals surface area (Å²) in [5.74, 6) is 0. The summed E-state index contributed by atoms with van der Waals surface area (Å²) >= 11 is 0. The molecule has 7 rings (SSSR count). The summed E-state index contributed by atoms with van der Waals surface area (Å²) in [6, 6.07) is 16.1. The standard InChI is InChI=1S/C26H29N7O/c1-18-12-30(23-5-3-21(11-27)33-24(23)6-7-29-33)14-25-22-4-2-20(10-19(22)13-32(18)25)31-16-26(17-31)15-28-8-9-34-26/h2-7,10,18,25,28H,8-9,12-17H2,1H3. The number of pyridine rings is 1. The summed E-state index contributed by atoms with van der Waals surface area (Å²) < 4.78 is 7.84. The molecule has 3 fully saturated rings. The number of ether oxygens (including phenoxy) is 1. The molecule has 4 aliphatic rings. The van der Waals surface area contributed by atoms with E-state index in [1.165, 1.54) is 16.8 Å². The number of fused-ring (bicyclic) bond motifs is 4. The summed E-state index contributed by atoms with van der Waals surface area (Å²) in [6.07, 6.45) is 1.78. The van der Waals surface area contributed by atoms with Gasteiger partial charge in [0.15, 0.2) is 0 Å². The number of nitrogens with one attached hydrogen (secondary N) is 1. The van der Waals surface area contributed by atoms with Gasteiger partial charge in [-0.1, -0.05) is 6.07 Å². The Balaban J connectivity index is 1.15. The van der Waals surface area contributed by atoms with Crippen molar-refractivity contribution in [3.8, 4) is 6.07 Å². The van der Waals surface area contributed by atoms with Gasteiger partial charge in [-0.25, -0.2) is 4.52 Å². The van der Waals surface area contributed by atoms with E-state index in [0.717, 1.165) is 63.6 Å². The summed E-state index contributed by atoms with van der Waals surface area (Å²) in [5.41, 5.74) is 6.94. The van der Waals surface area contributed by atoms with Crippen molar-refractivity contribution in [2.75, 3.05) is 55.7 Å². The van der Waals surface area contributed by atoms with E-state index < -0.39 is 0 Å². The van der Waals surface area contributed by atoms with Gasteiger partial charge in [0.1, 0.15) is 17.4 Å². The zero-order valence-electron chi connectivity index (χ0n) is 19.4. The van der Waals surface area contributed by atoms with Crippen LogP contribution in [0.2, 0.25) is 0 Å². The highest BCUT2D eigenvalue weighted by molar-refractivity contribution is 5.74. The minimum atomic E-state index is 0.00383. The lowest BCUT2D eigenvalue weighted by atomic mass is 9.91. The number of anilines is 2. The molecule has 0 saturated carbocycles. The number of rotatable bonds is 2. The van der Waals surface area contributed by atoms with E-state index >= 15 is 0 Å². The molecule has 3 saturated heterocycles. The molecular formula is C26H29N7O. The Morgan fingerprint density at radius 3 is 2.88 bits per heavy atom. The maximum Gasteiger partial charge on any atom is 0.142 e. The number of hydrogen-bond acceptors (Lipinski definition) is 7. The van der Waals surface area contributed by atoms with Crippen LogP contribution in [0.3, 0.4) is 0 Å². The molecule has 1 aromatic carbocycles. The molecule has 2 atom stereocenters. The van der Waals surface area contributed by atoms with Gasteiger partial charge < -0.3 is 19.9 Å². The Morgan fingerprint density at radius 2 is 2.06 bits per heavy atom. The van der Waals surface area contributed by atoms with Crippen molar-refractivity contribution in [1.29, 1.82) is 5.26 Å². The lowest BCUT2D eigenvalue weighted by molar-refractivity contribution is -0.0828. The van der Waals surface area contributed by atoms with E-state index in [1.54, 1.807) is 10.7 Å². The molecule has 1 spiro atoms. The minimum Gasteiger partial charge on any atom is -0.369 e. The topological polar surface area (TPSA) is 72.1 Å². The summed E-state index contributed by atoms with van der Waals surface area (Å²) in [5, 5.41) is 17.3.